The summed E-state index contributed by atoms with van der Waals surface area (Å²) in [6.07, 6.45) is 1.68. The SMILES string of the molecule is CC1=C(CNCC(=O)O)C(=O)C(C(C)C)=C/C1=C(\c1ccccc1S(=O)(=O)[O-])c1cc(C(C)C)c(O)c(CNCC(=O)O)c1C. The third kappa shape index (κ3) is 7.95. The molecule has 0 bridgehead atoms. The number of hydrogen-bond donors (Lipinski definition) is 5. The quantitative estimate of drug-likeness (QED) is 0.200. The van der Waals surface area contributed by atoms with E-state index in [4.69, 9.17) is 0 Å². The lowest BCUT2D eigenvalue weighted by atomic mass is 9.77. The van der Waals surface area contributed by atoms with Gasteiger partial charge in [-0.25, -0.2) is 8.42 Å². The summed E-state index contributed by atoms with van der Waals surface area (Å²) in [4.78, 5) is 35.6. The molecule has 2 aromatic carbocycles. The highest BCUT2D eigenvalue weighted by molar-refractivity contribution is 7.85. The molecular formula is C33H39N2O9S-. The number of carbonyl (C=O) groups excluding carboxylic acids is 1. The van der Waals surface area contributed by atoms with Gasteiger partial charge in [0.1, 0.15) is 15.9 Å². The number of nitrogens with one attached hydrogen (secondary N) is 2. The monoisotopic (exact) mass is 639 g/mol. The first kappa shape index (κ1) is 35.4. The predicted octanol–water partition coefficient (Wildman–Crippen LogP) is 3.86. The van der Waals surface area contributed by atoms with Gasteiger partial charge < -0.3 is 30.5 Å². The molecule has 0 saturated carbocycles. The molecule has 0 spiro atoms. The standard InChI is InChI=1S/C33H40N2O9S/c1-17(2)22-11-24(19(5)26(32(22)40)13-34-15-29(36)37)31(21-9-7-8-10-28(21)45(42,43)44)25-12-23(18(3)4)33(41)27(20(25)6)14-35-16-30(38)39/h7-12,17-18,34-35,40H,13-16H2,1-6H3,(H,36,37)(H,38,39)(H,42,43,44)/p-1/b31-25-. The maximum atomic E-state index is 13.6. The summed E-state index contributed by atoms with van der Waals surface area (Å²) >= 11 is 0. The van der Waals surface area contributed by atoms with E-state index in [0.29, 0.717) is 50.1 Å². The van der Waals surface area contributed by atoms with Crippen molar-refractivity contribution in [3.63, 3.8) is 0 Å². The fourth-order valence-electron chi connectivity index (χ4n) is 5.42. The lowest BCUT2D eigenvalue weighted by Gasteiger charge is -2.28. The van der Waals surface area contributed by atoms with Crippen LogP contribution in [0.1, 0.15) is 68.4 Å². The molecule has 45 heavy (non-hydrogen) atoms. The van der Waals surface area contributed by atoms with E-state index in [1.165, 1.54) is 18.2 Å². The van der Waals surface area contributed by atoms with Crippen molar-refractivity contribution in [3.05, 3.63) is 86.5 Å². The molecule has 242 valence electrons. The maximum absolute atomic E-state index is 13.6. The molecule has 0 atom stereocenters. The lowest BCUT2D eigenvalue weighted by molar-refractivity contribution is -0.137. The van der Waals surface area contributed by atoms with Gasteiger partial charge in [-0.05, 0) is 77.3 Å². The van der Waals surface area contributed by atoms with E-state index < -0.39 is 33.5 Å². The zero-order valence-corrected chi connectivity index (χ0v) is 27.0. The first-order valence-corrected chi connectivity index (χ1v) is 15.8. The number of carboxylic acid groups (broad SMARTS) is 2. The summed E-state index contributed by atoms with van der Waals surface area (Å²) in [6, 6.07) is 7.47. The molecule has 11 nitrogen and oxygen atoms in total. The summed E-state index contributed by atoms with van der Waals surface area (Å²) in [5, 5.41) is 35.2. The van der Waals surface area contributed by atoms with Crippen LogP contribution in [0.2, 0.25) is 0 Å². The van der Waals surface area contributed by atoms with Crippen LogP contribution in [-0.2, 0) is 31.0 Å². The largest absolute Gasteiger partial charge is 0.744 e. The van der Waals surface area contributed by atoms with E-state index in [-0.39, 0.29) is 48.6 Å². The molecule has 3 rings (SSSR count). The summed E-state index contributed by atoms with van der Waals surface area (Å²) in [6.45, 7) is 9.91. The van der Waals surface area contributed by atoms with Crippen LogP contribution in [0, 0.1) is 12.8 Å². The Morgan fingerprint density at radius 3 is 2.02 bits per heavy atom. The molecule has 5 N–H and O–H groups in total. The van der Waals surface area contributed by atoms with Crippen molar-refractivity contribution in [2.24, 2.45) is 5.92 Å². The highest BCUT2D eigenvalue weighted by Gasteiger charge is 2.30. The second kappa shape index (κ2) is 14.3. The number of allylic oxidation sites excluding steroid dienone is 4. The van der Waals surface area contributed by atoms with Gasteiger partial charge in [-0.15, -0.1) is 0 Å². The summed E-state index contributed by atoms with van der Waals surface area (Å²) in [5.74, 6) is -2.99. The minimum absolute atomic E-state index is 0.0214. The van der Waals surface area contributed by atoms with Gasteiger partial charge in [-0.2, -0.15) is 0 Å². The maximum Gasteiger partial charge on any atom is 0.317 e. The number of rotatable bonds is 13. The van der Waals surface area contributed by atoms with Crippen molar-refractivity contribution in [1.82, 2.24) is 10.6 Å². The van der Waals surface area contributed by atoms with Gasteiger partial charge in [0.05, 0.1) is 18.0 Å². The topological polar surface area (TPSA) is 193 Å². The fraction of sp³-hybridized carbons (Fsp3) is 0.364. The molecule has 0 amide bonds. The number of phenolic OH excluding ortho intramolecular Hbond substituents is 1. The van der Waals surface area contributed by atoms with Crippen molar-refractivity contribution in [1.29, 1.82) is 0 Å². The van der Waals surface area contributed by atoms with Crippen molar-refractivity contribution >= 4 is 33.4 Å². The molecule has 0 radical (unpaired) electrons. The minimum atomic E-state index is -4.99. The van der Waals surface area contributed by atoms with Crippen molar-refractivity contribution in [3.8, 4) is 5.75 Å². The summed E-state index contributed by atoms with van der Waals surface area (Å²) in [5.41, 5.74) is 3.90. The van der Waals surface area contributed by atoms with Gasteiger partial charge >= 0.3 is 11.9 Å². The number of carbonyl (C=O) groups is 3. The fourth-order valence-corrected chi connectivity index (χ4v) is 6.10. The van der Waals surface area contributed by atoms with Crippen LogP contribution < -0.4 is 10.6 Å². The molecule has 12 heteroatoms. The number of phenols is 1. The van der Waals surface area contributed by atoms with Crippen LogP contribution in [0.3, 0.4) is 0 Å². The highest BCUT2D eigenvalue weighted by atomic mass is 32.2. The first-order valence-electron chi connectivity index (χ1n) is 14.4. The Kier molecular flexibility index (Phi) is 11.3. The van der Waals surface area contributed by atoms with E-state index in [9.17, 15) is 42.7 Å². The van der Waals surface area contributed by atoms with Gasteiger partial charge in [-0.3, -0.25) is 14.4 Å². The molecule has 1 aliphatic rings. The average molecular weight is 640 g/mol. The Hall–Kier alpha value is -4.10. The number of hydrogen-bond acceptors (Lipinski definition) is 9. The van der Waals surface area contributed by atoms with E-state index in [1.54, 1.807) is 32.1 Å². The first-order chi connectivity index (χ1) is 21.0. The highest BCUT2D eigenvalue weighted by Crippen LogP contribution is 2.44. The second-order valence-electron chi connectivity index (χ2n) is 11.5. The predicted molar refractivity (Wildman–Crippen MR) is 168 cm³/mol. The third-order valence-corrected chi connectivity index (χ3v) is 8.67. The van der Waals surface area contributed by atoms with Gasteiger partial charge in [0.15, 0.2) is 5.78 Å². The molecule has 0 aromatic heterocycles. The van der Waals surface area contributed by atoms with Crippen LogP contribution in [0.15, 0.2) is 63.6 Å². The van der Waals surface area contributed by atoms with Gasteiger partial charge in [0.2, 0.25) is 0 Å². The minimum Gasteiger partial charge on any atom is -0.744 e. The van der Waals surface area contributed by atoms with Gasteiger partial charge in [0.25, 0.3) is 0 Å². The molecular weight excluding hydrogens is 600 g/mol. The zero-order valence-electron chi connectivity index (χ0n) is 26.1. The van der Waals surface area contributed by atoms with E-state index >= 15 is 0 Å². The molecule has 0 heterocycles. The van der Waals surface area contributed by atoms with E-state index in [0.717, 1.165) is 0 Å². The number of carboxylic acids is 2. The number of benzene rings is 2. The Morgan fingerprint density at radius 2 is 1.49 bits per heavy atom. The summed E-state index contributed by atoms with van der Waals surface area (Å²) in [7, 11) is -4.99. The molecule has 0 aliphatic heterocycles. The Labute approximate surface area is 263 Å². The Bertz CT molecular complexity index is 1730. The summed E-state index contributed by atoms with van der Waals surface area (Å²) < 4.78 is 37.8. The molecule has 2 aromatic rings. The van der Waals surface area contributed by atoms with Crippen LogP contribution >= 0.6 is 0 Å². The molecule has 0 unspecified atom stereocenters. The van der Waals surface area contributed by atoms with Crippen LogP contribution in [0.4, 0.5) is 0 Å². The van der Waals surface area contributed by atoms with Gasteiger partial charge in [0, 0.05) is 35.4 Å². The van der Waals surface area contributed by atoms with E-state index in [1.807, 2.05) is 27.7 Å². The van der Waals surface area contributed by atoms with Crippen molar-refractivity contribution < 1.29 is 42.7 Å². The van der Waals surface area contributed by atoms with Gasteiger partial charge in [-0.1, -0.05) is 45.9 Å². The Morgan fingerprint density at radius 1 is 0.911 bits per heavy atom. The van der Waals surface area contributed by atoms with Crippen LogP contribution in [0.25, 0.3) is 5.57 Å². The Balaban J connectivity index is 2.57. The van der Waals surface area contributed by atoms with E-state index in [2.05, 4.69) is 10.6 Å². The molecule has 0 fully saturated rings. The second-order valence-corrected chi connectivity index (χ2v) is 12.9. The lowest BCUT2D eigenvalue weighted by Crippen LogP contribution is -2.30. The third-order valence-electron chi connectivity index (χ3n) is 7.77. The van der Waals surface area contributed by atoms with Crippen molar-refractivity contribution in [2.45, 2.75) is 58.9 Å². The smallest absolute Gasteiger partial charge is 0.317 e. The number of aromatic hydroxyl groups is 1. The van der Waals surface area contributed by atoms with Crippen LogP contribution in [0.5, 0.6) is 5.75 Å². The average Bonchev–Trinajstić information content (AvgIpc) is 2.93. The number of Topliss-reactive ketones (excluding diaryl/α,β-unsaturated/α-hetero) is 1. The normalized spacial score (nSPS) is 15.1. The molecule has 1 aliphatic carbocycles. The van der Waals surface area contributed by atoms with Crippen LogP contribution in [-0.4, -0.2) is 65.6 Å². The molecule has 0 saturated heterocycles. The van der Waals surface area contributed by atoms with Crippen molar-refractivity contribution in [2.75, 3.05) is 19.6 Å². The zero-order chi connectivity index (χ0) is 33.8. The number of ketones is 1. The number of aliphatic carboxylic acids is 2.